The summed E-state index contributed by atoms with van der Waals surface area (Å²) in [5, 5.41) is 5.28. The van der Waals surface area contributed by atoms with Gasteiger partial charge in [0.1, 0.15) is 0 Å². The van der Waals surface area contributed by atoms with Crippen LogP contribution in [0.15, 0.2) is 5.38 Å². The summed E-state index contributed by atoms with van der Waals surface area (Å²) in [6, 6.07) is 0.181. The first-order chi connectivity index (χ1) is 7.97. The molecule has 0 fully saturated rings. The van der Waals surface area contributed by atoms with E-state index >= 15 is 0 Å². The van der Waals surface area contributed by atoms with Gasteiger partial charge in [-0.1, -0.05) is 0 Å². The molecule has 1 aromatic rings. The van der Waals surface area contributed by atoms with Gasteiger partial charge in [-0.15, -0.1) is 11.3 Å². The molecule has 0 aliphatic heterocycles. The van der Waals surface area contributed by atoms with Gasteiger partial charge in [0.05, 0.1) is 12.1 Å². The zero-order valence-electron chi connectivity index (χ0n) is 10.6. The number of rotatable bonds is 6. The molecule has 0 saturated heterocycles. The summed E-state index contributed by atoms with van der Waals surface area (Å²) in [5.41, 5.74) is 6.25. The van der Waals surface area contributed by atoms with Crippen molar-refractivity contribution in [1.82, 2.24) is 15.2 Å². The van der Waals surface area contributed by atoms with Crippen LogP contribution in [-0.4, -0.2) is 42.5 Å². The average molecular weight is 256 g/mol. The molecule has 0 aromatic carbocycles. The van der Waals surface area contributed by atoms with Crippen LogP contribution in [-0.2, 0) is 11.2 Å². The van der Waals surface area contributed by atoms with E-state index in [4.69, 9.17) is 5.73 Å². The molecule has 96 valence electrons. The Morgan fingerprint density at radius 2 is 2.35 bits per heavy atom. The molecule has 0 spiro atoms. The fourth-order valence-corrected chi connectivity index (χ4v) is 1.98. The number of nitrogens with two attached hydrogens (primary N) is 1. The van der Waals surface area contributed by atoms with Crippen molar-refractivity contribution in [2.45, 2.75) is 25.8 Å². The molecule has 1 amide bonds. The molecule has 0 aliphatic rings. The number of hydrogen-bond acceptors (Lipinski definition) is 5. The monoisotopic (exact) mass is 256 g/mol. The van der Waals surface area contributed by atoms with E-state index in [9.17, 15) is 4.79 Å². The van der Waals surface area contributed by atoms with Crippen LogP contribution in [0, 0.1) is 0 Å². The minimum Gasteiger partial charge on any atom is -0.375 e. The number of nitrogens with one attached hydrogen (secondary N) is 1. The fourth-order valence-electron chi connectivity index (χ4n) is 1.42. The second kappa shape index (κ2) is 6.56. The predicted molar refractivity (Wildman–Crippen MR) is 71.0 cm³/mol. The van der Waals surface area contributed by atoms with Crippen LogP contribution >= 0.6 is 11.3 Å². The van der Waals surface area contributed by atoms with E-state index in [0.29, 0.717) is 11.6 Å². The number of carbonyl (C=O) groups excluding carboxylic acids is 1. The Hall–Kier alpha value is -1.14. The quantitative estimate of drug-likeness (QED) is 0.787. The van der Waals surface area contributed by atoms with Crippen molar-refractivity contribution in [2.24, 2.45) is 0 Å². The second-order valence-corrected chi connectivity index (χ2v) is 5.30. The minimum absolute atomic E-state index is 0.00144. The number of anilines is 1. The highest BCUT2D eigenvalue weighted by Crippen LogP contribution is 2.11. The van der Waals surface area contributed by atoms with Crippen LogP contribution in [0.3, 0.4) is 0 Å². The summed E-state index contributed by atoms with van der Waals surface area (Å²) in [4.78, 5) is 17.8. The topological polar surface area (TPSA) is 71.2 Å². The van der Waals surface area contributed by atoms with Crippen LogP contribution < -0.4 is 11.1 Å². The second-order valence-electron chi connectivity index (χ2n) is 4.41. The Labute approximate surface area is 106 Å². The maximum absolute atomic E-state index is 11.7. The molecule has 1 atom stereocenters. The van der Waals surface area contributed by atoms with Crippen LogP contribution in [0.2, 0.25) is 0 Å². The molecule has 1 unspecified atom stereocenters. The zero-order chi connectivity index (χ0) is 12.8. The third-order valence-corrected chi connectivity index (χ3v) is 3.05. The van der Waals surface area contributed by atoms with Crippen molar-refractivity contribution in [3.8, 4) is 0 Å². The largest absolute Gasteiger partial charge is 0.375 e. The van der Waals surface area contributed by atoms with Gasteiger partial charge in [-0.25, -0.2) is 4.98 Å². The van der Waals surface area contributed by atoms with E-state index in [1.165, 1.54) is 11.3 Å². The molecule has 17 heavy (non-hydrogen) atoms. The smallest absolute Gasteiger partial charge is 0.226 e. The number of hydrogen-bond donors (Lipinski definition) is 2. The summed E-state index contributed by atoms with van der Waals surface area (Å²) < 4.78 is 0. The highest BCUT2D eigenvalue weighted by atomic mass is 32.1. The van der Waals surface area contributed by atoms with Gasteiger partial charge in [-0.05, 0) is 34.0 Å². The van der Waals surface area contributed by atoms with Gasteiger partial charge in [0, 0.05) is 11.4 Å². The summed E-state index contributed by atoms with van der Waals surface area (Å²) in [6.45, 7) is 2.97. The zero-order valence-corrected chi connectivity index (χ0v) is 11.4. The van der Waals surface area contributed by atoms with E-state index in [1.54, 1.807) is 0 Å². The number of aromatic nitrogens is 1. The molecule has 0 radical (unpaired) electrons. The number of thiazole rings is 1. The number of amides is 1. The minimum atomic E-state index is 0.00144. The van der Waals surface area contributed by atoms with Gasteiger partial charge < -0.3 is 16.0 Å². The lowest BCUT2D eigenvalue weighted by Gasteiger charge is -2.16. The third-order valence-electron chi connectivity index (χ3n) is 2.33. The van der Waals surface area contributed by atoms with Crippen LogP contribution in [0.4, 0.5) is 5.13 Å². The van der Waals surface area contributed by atoms with Crippen molar-refractivity contribution in [3.63, 3.8) is 0 Å². The van der Waals surface area contributed by atoms with Crippen LogP contribution in [0.1, 0.15) is 19.0 Å². The molecule has 3 N–H and O–H groups in total. The Kier molecular flexibility index (Phi) is 5.37. The predicted octanol–water partition coefficient (Wildman–Crippen LogP) is 0.724. The summed E-state index contributed by atoms with van der Waals surface area (Å²) in [7, 11) is 4.04. The molecule has 0 bridgehead atoms. The van der Waals surface area contributed by atoms with Gasteiger partial charge in [-0.3, -0.25) is 4.79 Å². The Balaban J connectivity index is 2.29. The third kappa shape index (κ3) is 5.65. The lowest BCUT2D eigenvalue weighted by Crippen LogP contribution is -2.35. The van der Waals surface area contributed by atoms with Crippen molar-refractivity contribution in [2.75, 3.05) is 26.4 Å². The highest BCUT2D eigenvalue weighted by Gasteiger charge is 2.10. The molecule has 1 aromatic heterocycles. The Morgan fingerprint density at radius 3 is 2.88 bits per heavy atom. The van der Waals surface area contributed by atoms with E-state index in [0.717, 1.165) is 18.7 Å². The maximum atomic E-state index is 11.7. The van der Waals surface area contributed by atoms with Crippen LogP contribution in [0.25, 0.3) is 0 Å². The van der Waals surface area contributed by atoms with Gasteiger partial charge in [-0.2, -0.15) is 0 Å². The highest BCUT2D eigenvalue weighted by molar-refractivity contribution is 7.13. The number of nitrogens with zero attached hydrogens (tertiary/aromatic N) is 2. The van der Waals surface area contributed by atoms with Crippen molar-refractivity contribution >= 4 is 22.4 Å². The molecule has 5 nitrogen and oxygen atoms in total. The van der Waals surface area contributed by atoms with Crippen molar-refractivity contribution in [1.29, 1.82) is 0 Å². The molecule has 0 aliphatic carbocycles. The van der Waals surface area contributed by atoms with Crippen molar-refractivity contribution < 1.29 is 4.79 Å². The van der Waals surface area contributed by atoms with E-state index in [2.05, 4.69) is 15.2 Å². The molecule has 6 heteroatoms. The van der Waals surface area contributed by atoms with Gasteiger partial charge >= 0.3 is 0 Å². The maximum Gasteiger partial charge on any atom is 0.226 e. The standard InChI is InChI=1S/C11H20N4OS/c1-8(4-5-15(2)3)13-10(16)6-9-7-17-11(12)14-9/h7-8H,4-6H2,1-3H3,(H2,12,14)(H,13,16). The normalized spacial score (nSPS) is 12.7. The van der Waals surface area contributed by atoms with E-state index in [-0.39, 0.29) is 11.9 Å². The van der Waals surface area contributed by atoms with Gasteiger partial charge in [0.15, 0.2) is 5.13 Å². The van der Waals surface area contributed by atoms with Gasteiger partial charge in [0.2, 0.25) is 5.91 Å². The lowest BCUT2D eigenvalue weighted by atomic mass is 10.2. The van der Waals surface area contributed by atoms with E-state index in [1.807, 2.05) is 26.4 Å². The summed E-state index contributed by atoms with van der Waals surface area (Å²) in [6.07, 6.45) is 1.25. The molecular formula is C11H20N4OS. The first-order valence-electron chi connectivity index (χ1n) is 5.61. The SMILES string of the molecule is CC(CCN(C)C)NC(=O)Cc1csc(N)n1. The van der Waals surface area contributed by atoms with E-state index < -0.39 is 0 Å². The van der Waals surface area contributed by atoms with Crippen molar-refractivity contribution in [3.05, 3.63) is 11.1 Å². The van der Waals surface area contributed by atoms with Gasteiger partial charge in [0.25, 0.3) is 0 Å². The average Bonchev–Trinajstić information content (AvgIpc) is 2.60. The number of nitrogen functional groups attached to an aromatic ring is 1. The Bertz CT molecular complexity index is 364. The molecular weight excluding hydrogens is 236 g/mol. The summed E-state index contributed by atoms with van der Waals surface area (Å²) in [5.74, 6) is 0.00144. The first-order valence-corrected chi connectivity index (χ1v) is 6.49. The molecule has 0 saturated carbocycles. The van der Waals surface area contributed by atoms with Crippen LogP contribution in [0.5, 0.6) is 0 Å². The lowest BCUT2D eigenvalue weighted by molar-refractivity contribution is -0.121. The first kappa shape index (κ1) is 13.9. The Morgan fingerprint density at radius 1 is 1.65 bits per heavy atom. The number of carbonyl (C=O) groups is 1. The molecule has 1 heterocycles. The summed E-state index contributed by atoms with van der Waals surface area (Å²) >= 11 is 1.36. The molecule has 1 rings (SSSR count). The fraction of sp³-hybridized carbons (Fsp3) is 0.636.